The van der Waals surface area contributed by atoms with Crippen LogP contribution in [0.1, 0.15) is 11.1 Å². The molecule has 0 atom stereocenters. The first-order chi connectivity index (χ1) is 6.65. The highest BCUT2D eigenvalue weighted by Crippen LogP contribution is 2.26. The second kappa shape index (κ2) is 4.85. The SMILES string of the molecule is Cc1cc(Cl)cc(CNCC#N)c1O. The maximum absolute atomic E-state index is 9.64. The largest absolute Gasteiger partial charge is 0.507 e. The lowest BCUT2D eigenvalue weighted by atomic mass is 10.1. The molecule has 3 nitrogen and oxygen atoms in total. The van der Waals surface area contributed by atoms with Crippen LogP contribution in [-0.4, -0.2) is 11.7 Å². The van der Waals surface area contributed by atoms with Crippen LogP contribution in [0, 0.1) is 18.3 Å². The minimum Gasteiger partial charge on any atom is -0.507 e. The van der Waals surface area contributed by atoms with E-state index in [9.17, 15) is 5.11 Å². The summed E-state index contributed by atoms with van der Waals surface area (Å²) in [6, 6.07) is 5.35. The molecule has 0 radical (unpaired) electrons. The van der Waals surface area contributed by atoms with Gasteiger partial charge in [-0.15, -0.1) is 0 Å². The first kappa shape index (κ1) is 10.8. The first-order valence-electron chi connectivity index (χ1n) is 4.21. The normalized spacial score (nSPS) is 9.79. The summed E-state index contributed by atoms with van der Waals surface area (Å²) in [6.45, 7) is 2.49. The summed E-state index contributed by atoms with van der Waals surface area (Å²) in [6.07, 6.45) is 0. The average molecular weight is 211 g/mol. The van der Waals surface area contributed by atoms with Gasteiger partial charge in [0.2, 0.25) is 0 Å². The molecule has 0 saturated heterocycles. The Bertz CT molecular complexity index is 371. The third-order valence-corrected chi connectivity index (χ3v) is 2.08. The number of rotatable bonds is 3. The van der Waals surface area contributed by atoms with Crippen molar-refractivity contribution in [1.29, 1.82) is 5.26 Å². The van der Waals surface area contributed by atoms with Gasteiger partial charge in [0.1, 0.15) is 5.75 Å². The number of nitrogens with zero attached hydrogens (tertiary/aromatic N) is 1. The fourth-order valence-corrected chi connectivity index (χ4v) is 1.49. The van der Waals surface area contributed by atoms with Crippen LogP contribution in [0.2, 0.25) is 5.02 Å². The van der Waals surface area contributed by atoms with Crippen molar-refractivity contribution in [3.63, 3.8) is 0 Å². The number of aryl methyl sites for hydroxylation is 1. The van der Waals surface area contributed by atoms with Gasteiger partial charge in [-0.2, -0.15) is 5.26 Å². The molecular weight excluding hydrogens is 200 g/mol. The zero-order valence-corrected chi connectivity index (χ0v) is 8.60. The van der Waals surface area contributed by atoms with Gasteiger partial charge in [0, 0.05) is 17.1 Å². The van der Waals surface area contributed by atoms with Crippen LogP contribution in [0.25, 0.3) is 0 Å². The highest BCUT2D eigenvalue weighted by molar-refractivity contribution is 6.30. The van der Waals surface area contributed by atoms with Crippen molar-refractivity contribution in [3.05, 3.63) is 28.3 Å². The monoisotopic (exact) mass is 210 g/mol. The summed E-state index contributed by atoms with van der Waals surface area (Å²) in [5, 5.41) is 21.4. The van der Waals surface area contributed by atoms with Gasteiger partial charge in [-0.1, -0.05) is 11.6 Å². The molecule has 0 heterocycles. The van der Waals surface area contributed by atoms with E-state index in [2.05, 4.69) is 5.32 Å². The van der Waals surface area contributed by atoms with E-state index in [1.807, 2.05) is 6.07 Å². The predicted molar refractivity (Wildman–Crippen MR) is 55.2 cm³/mol. The van der Waals surface area contributed by atoms with E-state index in [0.29, 0.717) is 17.1 Å². The minimum absolute atomic E-state index is 0.236. The van der Waals surface area contributed by atoms with E-state index in [1.54, 1.807) is 19.1 Å². The minimum atomic E-state index is 0.236. The Morgan fingerprint density at radius 1 is 1.57 bits per heavy atom. The number of nitriles is 1. The Kier molecular flexibility index (Phi) is 3.75. The third-order valence-electron chi connectivity index (χ3n) is 1.86. The summed E-state index contributed by atoms with van der Waals surface area (Å²) < 4.78 is 0. The lowest BCUT2D eigenvalue weighted by Crippen LogP contribution is -2.13. The predicted octanol–water partition coefficient (Wildman–Crippen LogP) is 1.97. The van der Waals surface area contributed by atoms with Gasteiger partial charge < -0.3 is 10.4 Å². The standard InChI is InChI=1S/C10H11ClN2O/c1-7-4-9(11)5-8(10(7)14)6-13-3-2-12/h4-5,13-14H,3,6H2,1H3. The molecule has 1 aromatic carbocycles. The van der Waals surface area contributed by atoms with Crippen molar-refractivity contribution < 1.29 is 5.11 Å². The Morgan fingerprint density at radius 3 is 2.93 bits per heavy atom. The Morgan fingerprint density at radius 2 is 2.29 bits per heavy atom. The molecule has 4 heteroatoms. The van der Waals surface area contributed by atoms with Gasteiger partial charge in [0.25, 0.3) is 0 Å². The van der Waals surface area contributed by atoms with Crippen molar-refractivity contribution in [1.82, 2.24) is 5.32 Å². The van der Waals surface area contributed by atoms with E-state index in [4.69, 9.17) is 16.9 Å². The lowest BCUT2D eigenvalue weighted by Gasteiger charge is -2.07. The number of halogens is 1. The molecule has 0 bridgehead atoms. The van der Waals surface area contributed by atoms with Crippen molar-refractivity contribution in [2.24, 2.45) is 0 Å². The molecule has 0 aliphatic heterocycles. The average Bonchev–Trinajstić information content (AvgIpc) is 2.13. The number of hydrogen-bond donors (Lipinski definition) is 2. The van der Waals surface area contributed by atoms with E-state index >= 15 is 0 Å². The second-order valence-corrected chi connectivity index (χ2v) is 3.43. The third kappa shape index (κ3) is 2.63. The van der Waals surface area contributed by atoms with Crippen molar-refractivity contribution in [2.45, 2.75) is 13.5 Å². The van der Waals surface area contributed by atoms with Gasteiger partial charge in [0.15, 0.2) is 0 Å². The molecule has 0 amide bonds. The van der Waals surface area contributed by atoms with Gasteiger partial charge >= 0.3 is 0 Å². The molecule has 0 saturated carbocycles. The molecule has 0 aliphatic carbocycles. The number of phenols is 1. The second-order valence-electron chi connectivity index (χ2n) is 2.99. The smallest absolute Gasteiger partial charge is 0.123 e. The number of benzene rings is 1. The number of nitrogens with one attached hydrogen (secondary N) is 1. The maximum atomic E-state index is 9.64. The Hall–Kier alpha value is -1.24. The van der Waals surface area contributed by atoms with E-state index in [0.717, 1.165) is 5.56 Å². The molecule has 0 aliphatic rings. The molecular formula is C10H11ClN2O. The van der Waals surface area contributed by atoms with Crippen LogP contribution in [-0.2, 0) is 6.54 Å². The van der Waals surface area contributed by atoms with Gasteiger partial charge in [0.05, 0.1) is 12.6 Å². The molecule has 0 aromatic heterocycles. The fourth-order valence-electron chi connectivity index (χ4n) is 1.19. The van der Waals surface area contributed by atoms with Gasteiger partial charge in [-0.3, -0.25) is 0 Å². The molecule has 2 N–H and O–H groups in total. The summed E-state index contributed by atoms with van der Waals surface area (Å²) in [5.41, 5.74) is 1.46. The topological polar surface area (TPSA) is 56.0 Å². The van der Waals surface area contributed by atoms with E-state index < -0.39 is 0 Å². The first-order valence-corrected chi connectivity index (χ1v) is 4.58. The van der Waals surface area contributed by atoms with Crippen molar-refractivity contribution in [3.8, 4) is 11.8 Å². The number of aromatic hydroxyl groups is 1. The van der Waals surface area contributed by atoms with Gasteiger partial charge in [-0.25, -0.2) is 0 Å². The number of phenolic OH excluding ortho intramolecular Hbond substituents is 1. The highest BCUT2D eigenvalue weighted by atomic mass is 35.5. The highest BCUT2D eigenvalue weighted by Gasteiger charge is 2.05. The lowest BCUT2D eigenvalue weighted by molar-refractivity contribution is 0.461. The fraction of sp³-hybridized carbons (Fsp3) is 0.300. The van der Waals surface area contributed by atoms with Crippen molar-refractivity contribution >= 4 is 11.6 Å². The molecule has 0 spiro atoms. The van der Waals surface area contributed by atoms with Crippen LogP contribution in [0.15, 0.2) is 12.1 Å². The van der Waals surface area contributed by atoms with Gasteiger partial charge in [-0.05, 0) is 24.6 Å². The zero-order chi connectivity index (χ0) is 10.6. The molecule has 0 unspecified atom stereocenters. The summed E-state index contributed by atoms with van der Waals surface area (Å²) in [5.74, 6) is 0.236. The zero-order valence-electron chi connectivity index (χ0n) is 7.84. The Labute approximate surface area is 87.9 Å². The van der Waals surface area contributed by atoms with Crippen LogP contribution in [0.4, 0.5) is 0 Å². The number of hydrogen-bond acceptors (Lipinski definition) is 3. The maximum Gasteiger partial charge on any atom is 0.123 e. The summed E-state index contributed by atoms with van der Waals surface area (Å²) in [7, 11) is 0. The van der Waals surface area contributed by atoms with E-state index in [1.165, 1.54) is 0 Å². The van der Waals surface area contributed by atoms with Crippen LogP contribution >= 0.6 is 11.6 Å². The molecule has 0 fully saturated rings. The van der Waals surface area contributed by atoms with E-state index in [-0.39, 0.29) is 12.3 Å². The quantitative estimate of drug-likeness (QED) is 0.593. The molecule has 74 valence electrons. The van der Waals surface area contributed by atoms with Crippen molar-refractivity contribution in [2.75, 3.05) is 6.54 Å². The van der Waals surface area contributed by atoms with Crippen LogP contribution < -0.4 is 5.32 Å². The summed E-state index contributed by atoms with van der Waals surface area (Å²) >= 11 is 5.83. The summed E-state index contributed by atoms with van der Waals surface area (Å²) in [4.78, 5) is 0. The van der Waals surface area contributed by atoms with Crippen LogP contribution in [0.5, 0.6) is 5.75 Å². The Balaban J connectivity index is 2.81. The molecule has 1 aromatic rings. The van der Waals surface area contributed by atoms with Crippen LogP contribution in [0.3, 0.4) is 0 Å². The molecule has 14 heavy (non-hydrogen) atoms. The molecule has 1 rings (SSSR count).